The van der Waals surface area contributed by atoms with Gasteiger partial charge in [0.2, 0.25) is 0 Å². The Labute approximate surface area is 129 Å². The van der Waals surface area contributed by atoms with E-state index < -0.39 is 0 Å². The normalized spacial score (nSPS) is 24.0. The number of hydrogen-bond donors (Lipinski definition) is 1. The molecular weight excluding hydrogens is 260 g/mol. The van der Waals surface area contributed by atoms with Gasteiger partial charge in [-0.1, -0.05) is 32.9 Å². The summed E-state index contributed by atoms with van der Waals surface area (Å²) in [6, 6.07) is 9.63. The average molecular weight is 290 g/mol. The van der Waals surface area contributed by atoms with Gasteiger partial charge in [-0.15, -0.1) is 0 Å². The summed E-state index contributed by atoms with van der Waals surface area (Å²) in [4.78, 5) is 2.62. The van der Waals surface area contributed by atoms with Crippen LogP contribution in [0, 0.1) is 5.41 Å². The molecular formula is C18H30N2O. The van der Waals surface area contributed by atoms with Crippen molar-refractivity contribution in [2.45, 2.75) is 46.2 Å². The number of nitrogens with zero attached hydrogens (tertiary/aromatic N) is 1. The van der Waals surface area contributed by atoms with Crippen LogP contribution in [0.5, 0.6) is 5.75 Å². The van der Waals surface area contributed by atoms with Gasteiger partial charge >= 0.3 is 0 Å². The molecule has 1 aromatic carbocycles. The van der Waals surface area contributed by atoms with Crippen molar-refractivity contribution >= 4 is 0 Å². The maximum atomic E-state index is 5.21. The summed E-state index contributed by atoms with van der Waals surface area (Å²) in [5.41, 5.74) is 1.70. The number of methoxy groups -OCH3 is 1. The lowest BCUT2D eigenvalue weighted by molar-refractivity contribution is 0.0948. The summed E-state index contributed by atoms with van der Waals surface area (Å²) in [7, 11) is 1.71. The van der Waals surface area contributed by atoms with E-state index >= 15 is 0 Å². The SMILES string of the molecule is COc1ccc(CCN2CC(C(C)(C)C)NCC2C)cc1. The van der Waals surface area contributed by atoms with E-state index in [4.69, 9.17) is 4.74 Å². The Morgan fingerprint density at radius 1 is 1.24 bits per heavy atom. The third-order valence-electron chi connectivity index (χ3n) is 4.59. The summed E-state index contributed by atoms with van der Waals surface area (Å²) < 4.78 is 5.21. The van der Waals surface area contributed by atoms with Crippen LogP contribution < -0.4 is 10.1 Å². The van der Waals surface area contributed by atoms with Gasteiger partial charge in [0.05, 0.1) is 7.11 Å². The fourth-order valence-corrected chi connectivity index (χ4v) is 2.88. The Balaban J connectivity index is 1.91. The zero-order chi connectivity index (χ0) is 15.5. The van der Waals surface area contributed by atoms with E-state index in [-0.39, 0.29) is 0 Å². The lowest BCUT2D eigenvalue weighted by atomic mass is 9.84. The first kappa shape index (κ1) is 16.3. The molecule has 2 atom stereocenters. The highest BCUT2D eigenvalue weighted by atomic mass is 16.5. The molecule has 0 saturated carbocycles. The van der Waals surface area contributed by atoms with Crippen LogP contribution in [-0.4, -0.2) is 43.7 Å². The van der Waals surface area contributed by atoms with Crippen LogP contribution in [0.3, 0.4) is 0 Å². The van der Waals surface area contributed by atoms with Crippen molar-refractivity contribution in [1.29, 1.82) is 0 Å². The number of ether oxygens (including phenoxy) is 1. The Kier molecular flexibility index (Phi) is 5.28. The van der Waals surface area contributed by atoms with Crippen molar-refractivity contribution in [2.24, 2.45) is 5.41 Å². The smallest absolute Gasteiger partial charge is 0.118 e. The van der Waals surface area contributed by atoms with Crippen LogP contribution in [0.25, 0.3) is 0 Å². The minimum atomic E-state index is 0.318. The molecule has 1 aliphatic heterocycles. The largest absolute Gasteiger partial charge is 0.497 e. The zero-order valence-electron chi connectivity index (χ0n) is 14.1. The highest BCUT2D eigenvalue weighted by Crippen LogP contribution is 2.23. The molecule has 2 unspecified atom stereocenters. The van der Waals surface area contributed by atoms with E-state index in [9.17, 15) is 0 Å². The molecule has 21 heavy (non-hydrogen) atoms. The molecule has 3 nitrogen and oxygen atoms in total. The first-order valence-corrected chi connectivity index (χ1v) is 8.00. The van der Waals surface area contributed by atoms with Crippen molar-refractivity contribution in [3.05, 3.63) is 29.8 Å². The van der Waals surface area contributed by atoms with Gasteiger partial charge in [0, 0.05) is 31.7 Å². The number of benzene rings is 1. The van der Waals surface area contributed by atoms with Gasteiger partial charge in [-0.2, -0.15) is 0 Å². The second-order valence-corrected chi connectivity index (χ2v) is 7.27. The van der Waals surface area contributed by atoms with E-state index in [0.717, 1.165) is 31.8 Å². The van der Waals surface area contributed by atoms with Crippen LogP contribution in [-0.2, 0) is 6.42 Å². The van der Waals surface area contributed by atoms with E-state index in [0.29, 0.717) is 17.5 Å². The first-order chi connectivity index (χ1) is 9.90. The third kappa shape index (κ3) is 4.45. The Morgan fingerprint density at radius 2 is 1.90 bits per heavy atom. The Morgan fingerprint density at radius 3 is 2.48 bits per heavy atom. The van der Waals surface area contributed by atoms with Crippen molar-refractivity contribution in [1.82, 2.24) is 10.2 Å². The fraction of sp³-hybridized carbons (Fsp3) is 0.667. The van der Waals surface area contributed by atoms with Gasteiger partial charge in [0.1, 0.15) is 5.75 Å². The van der Waals surface area contributed by atoms with Crippen LogP contribution in [0.1, 0.15) is 33.3 Å². The zero-order valence-corrected chi connectivity index (χ0v) is 14.1. The van der Waals surface area contributed by atoms with Crippen LogP contribution in [0.15, 0.2) is 24.3 Å². The molecule has 2 rings (SSSR count). The minimum absolute atomic E-state index is 0.318. The predicted molar refractivity (Wildman–Crippen MR) is 89.0 cm³/mol. The maximum absolute atomic E-state index is 5.21. The van der Waals surface area contributed by atoms with Crippen LogP contribution in [0.2, 0.25) is 0 Å². The van der Waals surface area contributed by atoms with Gasteiger partial charge < -0.3 is 10.1 Å². The predicted octanol–water partition coefficient (Wildman–Crippen LogP) is 2.95. The molecule has 118 valence electrons. The second kappa shape index (κ2) is 6.80. The van der Waals surface area contributed by atoms with E-state index in [2.05, 4.69) is 62.2 Å². The monoisotopic (exact) mass is 290 g/mol. The van der Waals surface area contributed by atoms with Gasteiger partial charge in [-0.3, -0.25) is 4.90 Å². The highest BCUT2D eigenvalue weighted by Gasteiger charge is 2.31. The topological polar surface area (TPSA) is 24.5 Å². The lowest BCUT2D eigenvalue weighted by Crippen LogP contribution is -2.59. The first-order valence-electron chi connectivity index (χ1n) is 8.00. The molecule has 0 spiro atoms. The molecule has 0 amide bonds. The molecule has 1 N–H and O–H groups in total. The molecule has 1 aromatic rings. The van der Waals surface area contributed by atoms with Crippen molar-refractivity contribution in [2.75, 3.05) is 26.7 Å². The van der Waals surface area contributed by atoms with Gasteiger partial charge in [0.25, 0.3) is 0 Å². The van der Waals surface area contributed by atoms with Crippen molar-refractivity contribution in [3.8, 4) is 5.75 Å². The molecule has 3 heteroatoms. The molecule has 0 bridgehead atoms. The van der Waals surface area contributed by atoms with Crippen molar-refractivity contribution in [3.63, 3.8) is 0 Å². The molecule has 1 heterocycles. The second-order valence-electron chi connectivity index (χ2n) is 7.27. The Bertz CT molecular complexity index is 436. The summed E-state index contributed by atoms with van der Waals surface area (Å²) in [6.07, 6.45) is 1.10. The van der Waals surface area contributed by atoms with Crippen LogP contribution >= 0.6 is 0 Å². The summed E-state index contributed by atoms with van der Waals surface area (Å²) in [5.74, 6) is 0.932. The number of hydrogen-bond acceptors (Lipinski definition) is 3. The van der Waals surface area contributed by atoms with Crippen LogP contribution in [0.4, 0.5) is 0 Å². The highest BCUT2D eigenvalue weighted by molar-refractivity contribution is 5.27. The minimum Gasteiger partial charge on any atom is -0.497 e. The lowest BCUT2D eigenvalue weighted by Gasteiger charge is -2.44. The molecule has 1 saturated heterocycles. The number of nitrogens with one attached hydrogen (secondary N) is 1. The average Bonchev–Trinajstić information content (AvgIpc) is 2.45. The maximum Gasteiger partial charge on any atom is 0.118 e. The van der Waals surface area contributed by atoms with Gasteiger partial charge in [-0.05, 0) is 36.5 Å². The summed E-state index contributed by atoms with van der Waals surface area (Å²) in [6.45, 7) is 12.6. The standard InChI is InChI=1S/C18H30N2O/c1-14-12-19-17(18(2,3)4)13-20(14)11-10-15-6-8-16(21-5)9-7-15/h6-9,14,17,19H,10-13H2,1-5H3. The number of rotatable bonds is 4. The van der Waals surface area contributed by atoms with Crippen molar-refractivity contribution < 1.29 is 4.74 Å². The molecule has 1 fully saturated rings. The quantitative estimate of drug-likeness (QED) is 0.922. The third-order valence-corrected chi connectivity index (χ3v) is 4.59. The molecule has 0 radical (unpaired) electrons. The number of piperazine rings is 1. The Hall–Kier alpha value is -1.06. The van der Waals surface area contributed by atoms with Gasteiger partial charge in [0.15, 0.2) is 0 Å². The summed E-state index contributed by atoms with van der Waals surface area (Å²) in [5, 5.41) is 3.69. The molecule has 0 aliphatic carbocycles. The molecule has 0 aromatic heterocycles. The van der Waals surface area contributed by atoms with E-state index in [1.807, 2.05) is 0 Å². The van der Waals surface area contributed by atoms with Gasteiger partial charge in [-0.25, -0.2) is 0 Å². The fourth-order valence-electron chi connectivity index (χ4n) is 2.88. The van der Waals surface area contributed by atoms with E-state index in [1.54, 1.807) is 7.11 Å². The molecule has 1 aliphatic rings. The summed E-state index contributed by atoms with van der Waals surface area (Å²) >= 11 is 0. The van der Waals surface area contributed by atoms with E-state index in [1.165, 1.54) is 5.56 Å².